The van der Waals surface area contributed by atoms with E-state index in [-0.39, 0.29) is 5.82 Å². The minimum Gasteiger partial charge on any atom is -0.303 e. The van der Waals surface area contributed by atoms with Crippen LogP contribution in [0.15, 0.2) is 29.4 Å². The smallest absolute Gasteiger partial charge is 0.208 e. The molecule has 0 atom stereocenters. The van der Waals surface area contributed by atoms with E-state index < -0.39 is 0 Å². The minimum absolute atomic E-state index is 0.279. The number of aromatic nitrogens is 3. The molecule has 1 fully saturated rings. The van der Waals surface area contributed by atoms with E-state index in [1.807, 2.05) is 0 Å². The Kier molecular flexibility index (Phi) is 4.87. The van der Waals surface area contributed by atoms with Crippen molar-refractivity contribution in [3.8, 4) is 11.4 Å². The molecule has 2 aromatic rings. The largest absolute Gasteiger partial charge is 0.303 e. The Labute approximate surface area is 128 Å². The summed E-state index contributed by atoms with van der Waals surface area (Å²) in [5.74, 6) is 1.18. The maximum atomic E-state index is 13.7. The van der Waals surface area contributed by atoms with Gasteiger partial charge in [-0.1, -0.05) is 30.3 Å². The summed E-state index contributed by atoms with van der Waals surface area (Å²) in [6.07, 6.45) is 3.97. The summed E-state index contributed by atoms with van der Waals surface area (Å²) in [4.78, 5) is 6.85. The molecule has 3 rings (SSSR count). The Morgan fingerprint density at radius 3 is 2.81 bits per heavy atom. The average Bonchev–Trinajstić information content (AvgIpc) is 2.97. The van der Waals surface area contributed by atoms with Crippen LogP contribution in [0.2, 0.25) is 0 Å². The van der Waals surface area contributed by atoms with Crippen LogP contribution in [0.3, 0.4) is 0 Å². The molecule has 2 heterocycles. The number of nitrogens with zero attached hydrogens (tertiary/aromatic N) is 3. The van der Waals surface area contributed by atoms with Crippen molar-refractivity contribution in [2.24, 2.45) is 0 Å². The molecule has 0 saturated carbocycles. The number of benzene rings is 1. The van der Waals surface area contributed by atoms with E-state index in [4.69, 9.17) is 0 Å². The Morgan fingerprint density at radius 1 is 1.19 bits per heavy atom. The van der Waals surface area contributed by atoms with Crippen molar-refractivity contribution in [3.05, 3.63) is 30.1 Å². The van der Waals surface area contributed by atoms with Gasteiger partial charge in [0.1, 0.15) is 5.82 Å². The van der Waals surface area contributed by atoms with Gasteiger partial charge >= 0.3 is 0 Å². The third-order valence-electron chi connectivity index (χ3n) is 3.68. The van der Waals surface area contributed by atoms with Crippen LogP contribution in [0.5, 0.6) is 0 Å². The van der Waals surface area contributed by atoms with E-state index in [2.05, 4.69) is 20.1 Å². The number of piperidine rings is 1. The molecule has 1 aromatic carbocycles. The van der Waals surface area contributed by atoms with Crippen LogP contribution in [0, 0.1) is 5.82 Å². The van der Waals surface area contributed by atoms with E-state index in [0.717, 1.165) is 12.3 Å². The fourth-order valence-electron chi connectivity index (χ4n) is 2.53. The first-order valence-corrected chi connectivity index (χ1v) is 8.34. The first kappa shape index (κ1) is 14.5. The number of rotatable bonds is 5. The summed E-state index contributed by atoms with van der Waals surface area (Å²) < 4.78 is 13.7. The van der Waals surface area contributed by atoms with Gasteiger partial charge in [-0.3, -0.25) is 5.10 Å². The highest BCUT2D eigenvalue weighted by atomic mass is 32.2. The van der Waals surface area contributed by atoms with Gasteiger partial charge < -0.3 is 4.90 Å². The molecule has 21 heavy (non-hydrogen) atoms. The van der Waals surface area contributed by atoms with Crippen molar-refractivity contribution in [2.45, 2.75) is 24.4 Å². The zero-order chi connectivity index (χ0) is 14.5. The molecule has 112 valence electrons. The second kappa shape index (κ2) is 7.04. The SMILES string of the molecule is Fc1ccccc1-c1nc(SCCN2CCCCC2)n[nH]1. The van der Waals surface area contributed by atoms with Crippen molar-refractivity contribution in [1.82, 2.24) is 20.1 Å². The van der Waals surface area contributed by atoms with Gasteiger partial charge in [-0.25, -0.2) is 9.37 Å². The Morgan fingerprint density at radius 2 is 2.00 bits per heavy atom. The number of nitrogens with one attached hydrogen (secondary N) is 1. The number of thioether (sulfide) groups is 1. The molecule has 0 bridgehead atoms. The van der Waals surface area contributed by atoms with Gasteiger partial charge in [0.15, 0.2) is 5.82 Å². The lowest BCUT2D eigenvalue weighted by Gasteiger charge is -2.25. The molecular weight excluding hydrogens is 287 g/mol. The number of aromatic amines is 1. The third kappa shape index (κ3) is 3.83. The van der Waals surface area contributed by atoms with Crippen molar-refractivity contribution < 1.29 is 4.39 Å². The van der Waals surface area contributed by atoms with E-state index in [0.29, 0.717) is 16.5 Å². The topological polar surface area (TPSA) is 44.8 Å². The number of likely N-dealkylation sites (tertiary alicyclic amines) is 1. The molecular formula is C15H19FN4S. The van der Waals surface area contributed by atoms with Gasteiger partial charge in [-0.15, -0.1) is 5.10 Å². The number of hydrogen-bond acceptors (Lipinski definition) is 4. The van der Waals surface area contributed by atoms with Crippen LogP contribution in [0.4, 0.5) is 4.39 Å². The average molecular weight is 306 g/mol. The highest BCUT2D eigenvalue weighted by molar-refractivity contribution is 7.99. The lowest BCUT2D eigenvalue weighted by Crippen LogP contribution is -2.31. The van der Waals surface area contributed by atoms with Crippen molar-refractivity contribution in [3.63, 3.8) is 0 Å². The van der Waals surface area contributed by atoms with Crippen LogP contribution < -0.4 is 0 Å². The monoisotopic (exact) mass is 306 g/mol. The number of halogens is 1. The van der Waals surface area contributed by atoms with E-state index in [1.54, 1.807) is 30.0 Å². The third-order valence-corrected chi connectivity index (χ3v) is 4.51. The fraction of sp³-hybridized carbons (Fsp3) is 0.467. The first-order valence-electron chi connectivity index (χ1n) is 7.35. The first-order chi connectivity index (χ1) is 10.3. The van der Waals surface area contributed by atoms with Crippen LogP contribution in [0.25, 0.3) is 11.4 Å². The molecule has 6 heteroatoms. The standard InChI is InChI=1S/C15H19FN4S/c16-13-7-3-2-6-12(13)14-17-15(19-18-14)21-11-10-20-8-4-1-5-9-20/h2-3,6-7H,1,4-5,8-11H2,(H,17,18,19). The molecule has 4 nitrogen and oxygen atoms in total. The lowest BCUT2D eigenvalue weighted by atomic mass is 10.1. The lowest BCUT2D eigenvalue weighted by molar-refractivity contribution is 0.242. The maximum Gasteiger partial charge on any atom is 0.208 e. The summed E-state index contributed by atoms with van der Waals surface area (Å²) in [5.41, 5.74) is 0.466. The molecule has 1 aliphatic rings. The van der Waals surface area contributed by atoms with Crippen LogP contribution in [-0.4, -0.2) is 45.5 Å². The molecule has 1 saturated heterocycles. The molecule has 0 spiro atoms. The zero-order valence-corrected chi connectivity index (χ0v) is 12.7. The second-order valence-corrected chi connectivity index (χ2v) is 6.26. The van der Waals surface area contributed by atoms with Gasteiger partial charge in [0.05, 0.1) is 5.56 Å². The van der Waals surface area contributed by atoms with Crippen LogP contribution in [-0.2, 0) is 0 Å². The predicted octanol–water partition coefficient (Wildman–Crippen LogP) is 3.19. The van der Waals surface area contributed by atoms with Crippen LogP contribution >= 0.6 is 11.8 Å². The van der Waals surface area contributed by atoms with Crippen LogP contribution in [0.1, 0.15) is 19.3 Å². The zero-order valence-electron chi connectivity index (χ0n) is 11.9. The summed E-state index contributed by atoms with van der Waals surface area (Å²) in [7, 11) is 0. The highest BCUT2D eigenvalue weighted by Crippen LogP contribution is 2.21. The van der Waals surface area contributed by atoms with Gasteiger partial charge in [-0.05, 0) is 38.1 Å². The van der Waals surface area contributed by atoms with E-state index in [9.17, 15) is 4.39 Å². The van der Waals surface area contributed by atoms with Crippen molar-refractivity contribution >= 4 is 11.8 Å². The predicted molar refractivity (Wildman–Crippen MR) is 82.8 cm³/mol. The summed E-state index contributed by atoms with van der Waals surface area (Å²) in [5, 5.41) is 7.66. The summed E-state index contributed by atoms with van der Waals surface area (Å²) >= 11 is 1.62. The maximum absolute atomic E-state index is 13.7. The summed E-state index contributed by atoms with van der Waals surface area (Å²) in [6.45, 7) is 3.47. The normalized spacial score (nSPS) is 16.2. The Hall–Kier alpha value is -1.40. The van der Waals surface area contributed by atoms with Gasteiger partial charge in [0, 0.05) is 12.3 Å². The molecule has 1 N–H and O–H groups in total. The molecule has 0 unspecified atom stereocenters. The Bertz CT molecular complexity index is 581. The van der Waals surface area contributed by atoms with Gasteiger partial charge in [0.25, 0.3) is 0 Å². The van der Waals surface area contributed by atoms with Gasteiger partial charge in [-0.2, -0.15) is 0 Å². The molecule has 0 aliphatic carbocycles. The highest BCUT2D eigenvalue weighted by Gasteiger charge is 2.12. The van der Waals surface area contributed by atoms with Crippen molar-refractivity contribution in [2.75, 3.05) is 25.4 Å². The molecule has 0 amide bonds. The molecule has 0 radical (unpaired) electrons. The summed E-state index contributed by atoms with van der Waals surface area (Å²) in [6, 6.07) is 6.60. The van der Waals surface area contributed by atoms with E-state index >= 15 is 0 Å². The number of H-pyrrole nitrogens is 1. The quantitative estimate of drug-likeness (QED) is 0.862. The van der Waals surface area contributed by atoms with E-state index in [1.165, 1.54) is 38.4 Å². The van der Waals surface area contributed by atoms with Crippen molar-refractivity contribution in [1.29, 1.82) is 0 Å². The number of hydrogen-bond donors (Lipinski definition) is 1. The molecule has 1 aliphatic heterocycles. The fourth-order valence-corrected chi connectivity index (χ4v) is 3.33. The second-order valence-electron chi connectivity index (χ2n) is 5.20. The molecule has 1 aromatic heterocycles. The van der Waals surface area contributed by atoms with Gasteiger partial charge in [0.2, 0.25) is 5.16 Å². The Balaban J connectivity index is 1.54. The minimum atomic E-state index is -0.279.